The summed E-state index contributed by atoms with van der Waals surface area (Å²) in [4.78, 5) is 11.3. The normalized spacial score (nSPS) is 10.5. The number of halogens is 2. The van der Waals surface area contributed by atoms with Crippen LogP contribution in [0.3, 0.4) is 0 Å². The number of hydrogen-bond donors (Lipinski definition) is 1. The Labute approximate surface area is 143 Å². The molecule has 0 unspecified atom stereocenters. The highest BCUT2D eigenvalue weighted by molar-refractivity contribution is 5.94. The first kappa shape index (κ1) is 16.6. The van der Waals surface area contributed by atoms with Crippen LogP contribution in [0.5, 0.6) is 5.75 Å². The van der Waals surface area contributed by atoms with Crippen molar-refractivity contribution in [3.05, 3.63) is 89.5 Å². The zero-order chi connectivity index (χ0) is 17.8. The predicted octanol–water partition coefficient (Wildman–Crippen LogP) is 4.31. The van der Waals surface area contributed by atoms with Gasteiger partial charge in [0.2, 0.25) is 5.91 Å². The monoisotopic (exact) mass is 339 g/mol. The molecule has 3 nitrogen and oxygen atoms in total. The molecule has 3 aromatic carbocycles. The third kappa shape index (κ3) is 3.66. The van der Waals surface area contributed by atoms with Crippen LogP contribution in [-0.2, 0) is 6.61 Å². The number of para-hydroxylation sites is 1. The Morgan fingerprint density at radius 3 is 2.32 bits per heavy atom. The molecule has 0 fully saturated rings. The van der Waals surface area contributed by atoms with E-state index in [-0.39, 0.29) is 17.7 Å². The number of hydrogen-bond acceptors (Lipinski definition) is 2. The first-order valence-electron chi connectivity index (χ1n) is 7.61. The molecule has 25 heavy (non-hydrogen) atoms. The van der Waals surface area contributed by atoms with Crippen molar-refractivity contribution in [2.24, 2.45) is 5.73 Å². The van der Waals surface area contributed by atoms with E-state index < -0.39 is 17.5 Å². The quantitative estimate of drug-likeness (QED) is 0.753. The molecule has 0 aromatic heterocycles. The van der Waals surface area contributed by atoms with Gasteiger partial charge in [0.05, 0.1) is 0 Å². The van der Waals surface area contributed by atoms with E-state index in [0.717, 1.165) is 11.6 Å². The summed E-state index contributed by atoms with van der Waals surface area (Å²) in [5.74, 6) is -2.64. The van der Waals surface area contributed by atoms with Crippen molar-refractivity contribution in [2.75, 3.05) is 0 Å². The zero-order valence-electron chi connectivity index (χ0n) is 13.2. The maximum atomic E-state index is 14.3. The third-order valence-corrected chi connectivity index (χ3v) is 3.73. The molecule has 0 aliphatic carbocycles. The molecule has 5 heteroatoms. The summed E-state index contributed by atoms with van der Waals surface area (Å²) in [5, 5.41) is 0. The topological polar surface area (TPSA) is 52.3 Å². The number of nitrogens with two attached hydrogens (primary N) is 1. The first-order chi connectivity index (χ1) is 12.1. The SMILES string of the molecule is NC(=O)c1cc(F)c(F)c(-c2ccccc2OCc2ccccc2)c1. The van der Waals surface area contributed by atoms with Gasteiger partial charge in [-0.25, -0.2) is 8.78 Å². The van der Waals surface area contributed by atoms with Gasteiger partial charge in [0, 0.05) is 16.7 Å². The number of amides is 1. The lowest BCUT2D eigenvalue weighted by molar-refractivity contribution is 0.1000. The molecule has 1 amide bonds. The van der Waals surface area contributed by atoms with Gasteiger partial charge in [-0.1, -0.05) is 48.5 Å². The van der Waals surface area contributed by atoms with Gasteiger partial charge in [-0.3, -0.25) is 4.79 Å². The van der Waals surface area contributed by atoms with E-state index in [1.807, 2.05) is 30.3 Å². The Morgan fingerprint density at radius 1 is 0.920 bits per heavy atom. The van der Waals surface area contributed by atoms with Gasteiger partial charge in [0.15, 0.2) is 11.6 Å². The summed E-state index contributed by atoms with van der Waals surface area (Å²) in [5.41, 5.74) is 6.30. The minimum Gasteiger partial charge on any atom is -0.488 e. The Bertz CT molecular complexity index is 911. The average molecular weight is 339 g/mol. The molecule has 2 N–H and O–H groups in total. The summed E-state index contributed by atoms with van der Waals surface area (Å²) in [6, 6.07) is 18.1. The van der Waals surface area contributed by atoms with Crippen molar-refractivity contribution in [3.63, 3.8) is 0 Å². The second-order valence-corrected chi connectivity index (χ2v) is 5.45. The van der Waals surface area contributed by atoms with E-state index in [4.69, 9.17) is 10.5 Å². The number of primary amides is 1. The van der Waals surface area contributed by atoms with Crippen LogP contribution in [0, 0.1) is 11.6 Å². The van der Waals surface area contributed by atoms with Crippen molar-refractivity contribution in [1.82, 2.24) is 0 Å². The Balaban J connectivity index is 2.00. The number of benzene rings is 3. The second kappa shape index (κ2) is 7.13. The Kier molecular flexibility index (Phi) is 4.75. The molecule has 3 rings (SSSR count). The highest BCUT2D eigenvalue weighted by atomic mass is 19.2. The van der Waals surface area contributed by atoms with Crippen LogP contribution in [0.15, 0.2) is 66.7 Å². The Hall–Kier alpha value is -3.21. The summed E-state index contributed by atoms with van der Waals surface area (Å²) >= 11 is 0. The summed E-state index contributed by atoms with van der Waals surface area (Å²) in [6.07, 6.45) is 0. The smallest absolute Gasteiger partial charge is 0.248 e. The second-order valence-electron chi connectivity index (χ2n) is 5.45. The van der Waals surface area contributed by atoms with Gasteiger partial charge in [0.25, 0.3) is 0 Å². The van der Waals surface area contributed by atoms with E-state index in [0.29, 0.717) is 11.3 Å². The predicted molar refractivity (Wildman–Crippen MR) is 91.1 cm³/mol. The minimum atomic E-state index is -1.14. The molecule has 0 aliphatic rings. The number of ether oxygens (including phenoxy) is 1. The molecular formula is C20H15F2NO2. The van der Waals surface area contributed by atoms with Crippen LogP contribution in [0.2, 0.25) is 0 Å². The van der Waals surface area contributed by atoms with Gasteiger partial charge >= 0.3 is 0 Å². The van der Waals surface area contributed by atoms with Gasteiger partial charge < -0.3 is 10.5 Å². The molecule has 0 spiro atoms. The molecule has 0 saturated carbocycles. The molecule has 0 radical (unpaired) electrons. The molecular weight excluding hydrogens is 324 g/mol. The van der Waals surface area contributed by atoms with Crippen molar-refractivity contribution in [3.8, 4) is 16.9 Å². The van der Waals surface area contributed by atoms with Gasteiger partial charge in [-0.2, -0.15) is 0 Å². The van der Waals surface area contributed by atoms with Gasteiger partial charge in [-0.15, -0.1) is 0 Å². The summed E-state index contributed by atoms with van der Waals surface area (Å²) in [7, 11) is 0. The molecule has 0 saturated heterocycles. The first-order valence-corrected chi connectivity index (χ1v) is 7.61. The third-order valence-electron chi connectivity index (χ3n) is 3.73. The molecule has 126 valence electrons. The largest absolute Gasteiger partial charge is 0.488 e. The number of carbonyl (C=O) groups is 1. The summed E-state index contributed by atoms with van der Waals surface area (Å²) < 4.78 is 33.9. The van der Waals surface area contributed by atoms with Crippen LogP contribution < -0.4 is 10.5 Å². The van der Waals surface area contributed by atoms with E-state index in [2.05, 4.69) is 0 Å². The van der Waals surface area contributed by atoms with Crippen LogP contribution in [0.1, 0.15) is 15.9 Å². The van der Waals surface area contributed by atoms with Crippen molar-refractivity contribution < 1.29 is 18.3 Å². The molecule has 0 atom stereocenters. The maximum absolute atomic E-state index is 14.3. The van der Waals surface area contributed by atoms with Crippen molar-refractivity contribution >= 4 is 5.91 Å². The van der Waals surface area contributed by atoms with E-state index in [1.165, 1.54) is 6.07 Å². The van der Waals surface area contributed by atoms with Crippen LogP contribution in [0.25, 0.3) is 11.1 Å². The van der Waals surface area contributed by atoms with Crippen LogP contribution in [-0.4, -0.2) is 5.91 Å². The summed E-state index contributed by atoms with van der Waals surface area (Å²) in [6.45, 7) is 0.275. The minimum absolute atomic E-state index is 0.0718. The van der Waals surface area contributed by atoms with Crippen LogP contribution in [0.4, 0.5) is 8.78 Å². The van der Waals surface area contributed by atoms with E-state index >= 15 is 0 Å². The molecule has 0 aliphatic heterocycles. The highest BCUT2D eigenvalue weighted by Gasteiger charge is 2.17. The highest BCUT2D eigenvalue weighted by Crippen LogP contribution is 2.34. The fourth-order valence-corrected chi connectivity index (χ4v) is 2.48. The van der Waals surface area contributed by atoms with Gasteiger partial charge in [0.1, 0.15) is 12.4 Å². The zero-order valence-corrected chi connectivity index (χ0v) is 13.2. The molecule has 3 aromatic rings. The average Bonchev–Trinajstić information content (AvgIpc) is 2.63. The van der Waals surface area contributed by atoms with Crippen molar-refractivity contribution in [1.29, 1.82) is 0 Å². The lowest BCUT2D eigenvalue weighted by atomic mass is 10.0. The molecule has 0 bridgehead atoms. The van der Waals surface area contributed by atoms with E-state index in [1.54, 1.807) is 24.3 Å². The van der Waals surface area contributed by atoms with Crippen LogP contribution >= 0.6 is 0 Å². The van der Waals surface area contributed by atoms with E-state index in [9.17, 15) is 13.6 Å². The molecule has 0 heterocycles. The standard InChI is InChI=1S/C20H15F2NO2/c21-17-11-14(20(23)24)10-16(19(17)22)15-8-4-5-9-18(15)25-12-13-6-2-1-3-7-13/h1-11H,12H2,(H2,23,24). The Morgan fingerprint density at radius 2 is 1.60 bits per heavy atom. The lowest BCUT2D eigenvalue weighted by Gasteiger charge is -2.13. The number of carbonyl (C=O) groups excluding carboxylic acids is 1. The maximum Gasteiger partial charge on any atom is 0.248 e. The van der Waals surface area contributed by atoms with Crippen molar-refractivity contribution in [2.45, 2.75) is 6.61 Å². The van der Waals surface area contributed by atoms with Gasteiger partial charge in [-0.05, 0) is 23.8 Å². The number of rotatable bonds is 5. The fourth-order valence-electron chi connectivity index (χ4n) is 2.48. The fraction of sp³-hybridized carbons (Fsp3) is 0.0500. The lowest BCUT2D eigenvalue weighted by Crippen LogP contribution is -2.12.